The van der Waals surface area contributed by atoms with Gasteiger partial charge in [-0.3, -0.25) is 0 Å². The molecule has 2 unspecified atom stereocenters. The Hall–Kier alpha value is -1.03. The first kappa shape index (κ1) is 11.0. The van der Waals surface area contributed by atoms with Crippen LogP contribution in [0.4, 0.5) is 4.79 Å². The Bertz CT molecular complexity index is 178. The van der Waals surface area contributed by atoms with Crippen LogP contribution in [0.1, 0.15) is 13.8 Å². The molecule has 0 radical (unpaired) electrons. The standard InChI is InChI=1S/C8H16N2O2/c1-5(2)7(6(3)11)10-8(12)9-4/h6-7,11H,1H2,2-4H3,(H2,9,10,12). The molecule has 0 rings (SSSR count). The van der Waals surface area contributed by atoms with E-state index in [9.17, 15) is 9.90 Å². The molecule has 0 aromatic carbocycles. The fraction of sp³-hybridized carbons (Fsp3) is 0.625. The average Bonchev–Trinajstić information content (AvgIpc) is 1.98. The Morgan fingerprint density at radius 3 is 2.33 bits per heavy atom. The Morgan fingerprint density at radius 2 is 2.08 bits per heavy atom. The van der Waals surface area contributed by atoms with Gasteiger partial charge in [-0.15, -0.1) is 0 Å². The van der Waals surface area contributed by atoms with Crippen molar-refractivity contribution < 1.29 is 9.90 Å². The third-order valence-electron chi connectivity index (χ3n) is 1.53. The lowest BCUT2D eigenvalue weighted by molar-refractivity contribution is 0.159. The van der Waals surface area contributed by atoms with Gasteiger partial charge in [-0.25, -0.2) is 4.79 Å². The van der Waals surface area contributed by atoms with E-state index in [0.29, 0.717) is 0 Å². The Morgan fingerprint density at radius 1 is 1.58 bits per heavy atom. The molecule has 0 aliphatic heterocycles. The second-order valence-corrected chi connectivity index (χ2v) is 2.79. The second-order valence-electron chi connectivity index (χ2n) is 2.79. The van der Waals surface area contributed by atoms with Crippen molar-refractivity contribution >= 4 is 6.03 Å². The number of hydrogen-bond acceptors (Lipinski definition) is 2. The van der Waals surface area contributed by atoms with Gasteiger partial charge in [-0.05, 0) is 13.8 Å². The average molecular weight is 172 g/mol. The summed E-state index contributed by atoms with van der Waals surface area (Å²) in [7, 11) is 1.52. The van der Waals surface area contributed by atoms with E-state index in [4.69, 9.17) is 0 Å². The van der Waals surface area contributed by atoms with E-state index in [2.05, 4.69) is 17.2 Å². The normalized spacial score (nSPS) is 14.7. The smallest absolute Gasteiger partial charge is 0.315 e. The number of hydrogen-bond donors (Lipinski definition) is 3. The molecule has 0 fully saturated rings. The van der Waals surface area contributed by atoms with E-state index in [1.165, 1.54) is 7.05 Å². The van der Waals surface area contributed by atoms with Crippen LogP contribution in [0.25, 0.3) is 0 Å². The summed E-state index contributed by atoms with van der Waals surface area (Å²) >= 11 is 0. The van der Waals surface area contributed by atoms with E-state index >= 15 is 0 Å². The van der Waals surface area contributed by atoms with Gasteiger partial charge in [-0.2, -0.15) is 0 Å². The van der Waals surface area contributed by atoms with Gasteiger partial charge >= 0.3 is 6.03 Å². The molecule has 0 aliphatic carbocycles. The largest absolute Gasteiger partial charge is 0.391 e. The second kappa shape index (κ2) is 4.77. The monoisotopic (exact) mass is 172 g/mol. The highest BCUT2D eigenvalue weighted by atomic mass is 16.3. The summed E-state index contributed by atoms with van der Waals surface area (Å²) in [6.45, 7) is 7.03. The highest BCUT2D eigenvalue weighted by Crippen LogP contribution is 2.02. The Labute approximate surface area is 72.7 Å². The van der Waals surface area contributed by atoms with Gasteiger partial charge in [0.2, 0.25) is 0 Å². The molecular formula is C8H16N2O2. The fourth-order valence-electron chi connectivity index (χ4n) is 0.869. The SMILES string of the molecule is C=C(C)C(NC(=O)NC)C(C)O. The van der Waals surface area contributed by atoms with Crippen molar-refractivity contribution in [2.75, 3.05) is 7.05 Å². The lowest BCUT2D eigenvalue weighted by Crippen LogP contribution is -2.46. The van der Waals surface area contributed by atoms with E-state index in [0.717, 1.165) is 5.57 Å². The van der Waals surface area contributed by atoms with Gasteiger partial charge in [0.1, 0.15) is 0 Å². The van der Waals surface area contributed by atoms with Crippen LogP contribution < -0.4 is 10.6 Å². The summed E-state index contributed by atoms with van der Waals surface area (Å²) in [6.07, 6.45) is -0.625. The third-order valence-corrected chi connectivity index (χ3v) is 1.53. The minimum Gasteiger partial charge on any atom is -0.391 e. The van der Waals surface area contributed by atoms with Crippen LogP contribution in [-0.4, -0.2) is 30.3 Å². The fourth-order valence-corrected chi connectivity index (χ4v) is 0.869. The van der Waals surface area contributed by atoms with Crippen LogP contribution in [0.3, 0.4) is 0 Å². The topological polar surface area (TPSA) is 61.4 Å². The van der Waals surface area contributed by atoms with Gasteiger partial charge < -0.3 is 15.7 Å². The molecule has 0 spiro atoms. The van der Waals surface area contributed by atoms with E-state index in [1.807, 2.05) is 0 Å². The van der Waals surface area contributed by atoms with Crippen molar-refractivity contribution in [3.05, 3.63) is 12.2 Å². The zero-order valence-electron chi connectivity index (χ0n) is 7.72. The van der Waals surface area contributed by atoms with Crippen molar-refractivity contribution in [3.8, 4) is 0 Å². The molecule has 12 heavy (non-hydrogen) atoms. The van der Waals surface area contributed by atoms with Crippen molar-refractivity contribution in [3.63, 3.8) is 0 Å². The quantitative estimate of drug-likeness (QED) is 0.534. The molecule has 4 heteroatoms. The van der Waals surface area contributed by atoms with Crippen molar-refractivity contribution in [1.29, 1.82) is 0 Å². The number of amides is 2. The predicted molar refractivity (Wildman–Crippen MR) is 47.9 cm³/mol. The maximum atomic E-state index is 10.9. The summed E-state index contributed by atoms with van der Waals surface area (Å²) < 4.78 is 0. The summed E-state index contributed by atoms with van der Waals surface area (Å²) in [6, 6.07) is -0.700. The van der Waals surface area contributed by atoms with E-state index < -0.39 is 6.10 Å². The zero-order valence-corrected chi connectivity index (χ0v) is 7.72. The summed E-state index contributed by atoms with van der Waals surface area (Å²) in [5.74, 6) is 0. The summed E-state index contributed by atoms with van der Waals surface area (Å²) in [5, 5.41) is 14.2. The van der Waals surface area contributed by atoms with E-state index in [1.54, 1.807) is 13.8 Å². The molecular weight excluding hydrogens is 156 g/mol. The van der Waals surface area contributed by atoms with Crippen LogP contribution >= 0.6 is 0 Å². The first-order chi connectivity index (χ1) is 5.49. The first-order valence-corrected chi connectivity index (χ1v) is 3.80. The van der Waals surface area contributed by atoms with Gasteiger partial charge in [-0.1, -0.05) is 12.2 Å². The maximum absolute atomic E-state index is 10.9. The molecule has 0 saturated heterocycles. The van der Waals surface area contributed by atoms with Gasteiger partial charge in [0, 0.05) is 7.05 Å². The number of aliphatic hydroxyl groups excluding tert-OH is 1. The van der Waals surface area contributed by atoms with Crippen LogP contribution in [-0.2, 0) is 0 Å². The van der Waals surface area contributed by atoms with Gasteiger partial charge in [0.15, 0.2) is 0 Å². The number of aliphatic hydroxyl groups is 1. The molecule has 70 valence electrons. The third kappa shape index (κ3) is 3.39. The molecule has 2 atom stereocenters. The number of nitrogens with one attached hydrogen (secondary N) is 2. The summed E-state index contributed by atoms with van der Waals surface area (Å²) in [5.41, 5.74) is 0.730. The maximum Gasteiger partial charge on any atom is 0.315 e. The van der Waals surface area contributed by atoms with Crippen LogP contribution in [0.2, 0.25) is 0 Å². The molecule has 0 heterocycles. The van der Waals surface area contributed by atoms with Crippen molar-refractivity contribution in [1.82, 2.24) is 10.6 Å². The number of rotatable bonds is 3. The minimum atomic E-state index is -0.625. The number of carbonyl (C=O) groups is 1. The molecule has 3 N–H and O–H groups in total. The van der Waals surface area contributed by atoms with E-state index in [-0.39, 0.29) is 12.1 Å². The molecule has 2 amide bonds. The highest BCUT2D eigenvalue weighted by Gasteiger charge is 2.16. The first-order valence-electron chi connectivity index (χ1n) is 3.80. The van der Waals surface area contributed by atoms with Gasteiger partial charge in [0.05, 0.1) is 12.1 Å². The van der Waals surface area contributed by atoms with Crippen LogP contribution in [0, 0.1) is 0 Å². The Kier molecular flexibility index (Phi) is 4.36. The lowest BCUT2D eigenvalue weighted by Gasteiger charge is -2.21. The minimum absolute atomic E-state index is 0.316. The number of urea groups is 1. The van der Waals surface area contributed by atoms with Crippen molar-refractivity contribution in [2.45, 2.75) is 26.0 Å². The molecule has 0 aromatic heterocycles. The number of carbonyl (C=O) groups excluding carboxylic acids is 1. The van der Waals surface area contributed by atoms with Crippen LogP contribution in [0.5, 0.6) is 0 Å². The molecule has 0 aromatic rings. The van der Waals surface area contributed by atoms with Crippen LogP contribution in [0.15, 0.2) is 12.2 Å². The highest BCUT2D eigenvalue weighted by molar-refractivity contribution is 5.74. The molecule has 0 saturated carbocycles. The Balaban J connectivity index is 4.14. The molecule has 4 nitrogen and oxygen atoms in total. The summed E-state index contributed by atoms with van der Waals surface area (Å²) in [4.78, 5) is 10.9. The molecule has 0 bridgehead atoms. The van der Waals surface area contributed by atoms with Gasteiger partial charge in [0.25, 0.3) is 0 Å². The molecule has 0 aliphatic rings. The van der Waals surface area contributed by atoms with Crippen molar-refractivity contribution in [2.24, 2.45) is 0 Å². The zero-order chi connectivity index (χ0) is 9.72. The predicted octanol–water partition coefficient (Wildman–Crippen LogP) is 0.241. The lowest BCUT2D eigenvalue weighted by atomic mass is 10.1.